The molecule has 0 aliphatic carbocycles. The predicted octanol–water partition coefficient (Wildman–Crippen LogP) is 1.93. The average Bonchev–Trinajstić information content (AvgIpc) is 2.31. The summed E-state index contributed by atoms with van der Waals surface area (Å²) >= 11 is 3.24. The topological polar surface area (TPSA) is 89.3 Å². The van der Waals surface area contributed by atoms with Crippen LogP contribution in [0.5, 0.6) is 0 Å². The van der Waals surface area contributed by atoms with Gasteiger partial charge in [0.15, 0.2) is 0 Å². The van der Waals surface area contributed by atoms with E-state index in [1.165, 1.54) is 12.1 Å². The van der Waals surface area contributed by atoms with Crippen LogP contribution in [0.3, 0.4) is 0 Å². The number of benzene rings is 1. The van der Waals surface area contributed by atoms with E-state index in [9.17, 15) is 13.2 Å². The lowest BCUT2D eigenvalue weighted by Crippen LogP contribution is -2.26. The molecule has 0 saturated heterocycles. The molecule has 106 valence electrons. The SMILES string of the molecule is CCCCNC(=O)c1cc(S(N)(=O)=O)cc(Br)c1C. The summed E-state index contributed by atoms with van der Waals surface area (Å²) in [6.07, 6.45) is 1.85. The molecule has 0 aromatic heterocycles. The minimum Gasteiger partial charge on any atom is -0.352 e. The molecule has 0 aliphatic rings. The van der Waals surface area contributed by atoms with E-state index in [0.717, 1.165) is 12.8 Å². The summed E-state index contributed by atoms with van der Waals surface area (Å²) in [5.74, 6) is -0.294. The van der Waals surface area contributed by atoms with Crippen molar-refractivity contribution in [2.24, 2.45) is 5.14 Å². The van der Waals surface area contributed by atoms with Crippen molar-refractivity contribution in [3.63, 3.8) is 0 Å². The molecule has 1 aromatic carbocycles. The molecule has 0 atom stereocenters. The molecule has 0 bridgehead atoms. The lowest BCUT2D eigenvalue weighted by atomic mass is 10.1. The third kappa shape index (κ3) is 4.29. The van der Waals surface area contributed by atoms with E-state index in [1.807, 2.05) is 6.92 Å². The molecule has 0 aliphatic heterocycles. The van der Waals surface area contributed by atoms with Crippen molar-refractivity contribution in [2.75, 3.05) is 6.54 Å². The maximum absolute atomic E-state index is 12.0. The number of amides is 1. The number of carbonyl (C=O) groups is 1. The number of carbonyl (C=O) groups excluding carboxylic acids is 1. The molecule has 0 unspecified atom stereocenters. The first-order valence-corrected chi connectivity index (χ1v) is 8.22. The smallest absolute Gasteiger partial charge is 0.251 e. The predicted molar refractivity (Wildman–Crippen MR) is 77.5 cm³/mol. The molecule has 5 nitrogen and oxygen atoms in total. The summed E-state index contributed by atoms with van der Waals surface area (Å²) in [5, 5.41) is 7.84. The van der Waals surface area contributed by atoms with Gasteiger partial charge in [-0.2, -0.15) is 0 Å². The number of sulfonamides is 1. The van der Waals surface area contributed by atoms with Crippen molar-refractivity contribution in [1.82, 2.24) is 5.32 Å². The minimum atomic E-state index is -3.83. The summed E-state index contributed by atoms with van der Waals surface area (Å²) in [5.41, 5.74) is 0.996. The highest BCUT2D eigenvalue weighted by molar-refractivity contribution is 9.10. The number of nitrogens with two attached hydrogens (primary N) is 1. The molecule has 3 N–H and O–H groups in total. The lowest BCUT2D eigenvalue weighted by Gasteiger charge is -2.10. The molecule has 1 rings (SSSR count). The Morgan fingerprint density at radius 1 is 1.42 bits per heavy atom. The fourth-order valence-electron chi connectivity index (χ4n) is 1.53. The Hall–Kier alpha value is -0.920. The molecule has 0 fully saturated rings. The van der Waals surface area contributed by atoms with Crippen LogP contribution in [0.4, 0.5) is 0 Å². The van der Waals surface area contributed by atoms with E-state index < -0.39 is 10.0 Å². The van der Waals surface area contributed by atoms with Gasteiger partial charge < -0.3 is 5.32 Å². The van der Waals surface area contributed by atoms with E-state index in [1.54, 1.807) is 6.92 Å². The fourth-order valence-corrected chi connectivity index (χ4v) is 2.70. The Bertz CT molecular complexity index is 585. The molecule has 0 spiro atoms. The number of nitrogens with one attached hydrogen (secondary N) is 1. The summed E-state index contributed by atoms with van der Waals surface area (Å²) < 4.78 is 23.3. The fraction of sp³-hybridized carbons (Fsp3) is 0.417. The van der Waals surface area contributed by atoms with Crippen LogP contribution in [0.2, 0.25) is 0 Å². The quantitative estimate of drug-likeness (QED) is 0.796. The highest BCUT2D eigenvalue weighted by Gasteiger charge is 2.17. The van der Waals surface area contributed by atoms with Crippen molar-refractivity contribution < 1.29 is 13.2 Å². The zero-order valence-corrected chi connectivity index (χ0v) is 13.3. The van der Waals surface area contributed by atoms with Crippen molar-refractivity contribution in [3.05, 3.63) is 27.7 Å². The van der Waals surface area contributed by atoms with Crippen LogP contribution in [0.25, 0.3) is 0 Å². The first-order chi connectivity index (χ1) is 8.77. The molecule has 0 heterocycles. The molecule has 0 saturated carbocycles. The van der Waals surface area contributed by atoms with Gasteiger partial charge in [0.2, 0.25) is 10.0 Å². The number of primary sulfonamides is 1. The Morgan fingerprint density at radius 2 is 2.05 bits per heavy atom. The highest BCUT2D eigenvalue weighted by atomic mass is 79.9. The number of rotatable bonds is 5. The van der Waals surface area contributed by atoms with E-state index in [2.05, 4.69) is 21.2 Å². The average molecular weight is 349 g/mol. The minimum absolute atomic E-state index is 0.0781. The molecule has 0 radical (unpaired) electrons. The third-order valence-corrected chi connectivity index (χ3v) is 4.42. The Morgan fingerprint density at radius 3 is 2.58 bits per heavy atom. The van der Waals surface area contributed by atoms with Crippen LogP contribution in [0.15, 0.2) is 21.5 Å². The summed E-state index contributed by atoms with van der Waals surface area (Å²) in [6.45, 7) is 4.33. The molecule has 7 heteroatoms. The Labute approximate surface area is 121 Å². The lowest BCUT2D eigenvalue weighted by molar-refractivity contribution is 0.0952. The van der Waals surface area contributed by atoms with Gasteiger partial charge >= 0.3 is 0 Å². The van der Waals surface area contributed by atoms with E-state index in [4.69, 9.17) is 5.14 Å². The second-order valence-electron chi connectivity index (χ2n) is 4.23. The highest BCUT2D eigenvalue weighted by Crippen LogP contribution is 2.24. The summed E-state index contributed by atoms with van der Waals surface area (Å²) in [4.78, 5) is 11.9. The second-order valence-corrected chi connectivity index (χ2v) is 6.65. The maximum Gasteiger partial charge on any atom is 0.251 e. The Kier molecular flexibility index (Phi) is 5.51. The van der Waals surface area contributed by atoms with Gasteiger partial charge in [-0.25, -0.2) is 13.6 Å². The zero-order valence-electron chi connectivity index (χ0n) is 10.9. The summed E-state index contributed by atoms with van der Waals surface area (Å²) in [7, 11) is -3.83. The summed E-state index contributed by atoms with van der Waals surface area (Å²) in [6, 6.07) is 2.70. The first kappa shape index (κ1) is 16.1. The van der Waals surface area contributed by atoms with Gasteiger partial charge in [0.05, 0.1) is 4.90 Å². The molecular weight excluding hydrogens is 332 g/mol. The van der Waals surface area contributed by atoms with E-state index in [-0.39, 0.29) is 10.8 Å². The monoisotopic (exact) mass is 348 g/mol. The van der Waals surface area contributed by atoms with Crippen molar-refractivity contribution in [1.29, 1.82) is 0 Å². The molecule has 1 amide bonds. The van der Waals surface area contributed by atoms with Crippen molar-refractivity contribution in [2.45, 2.75) is 31.6 Å². The normalized spacial score (nSPS) is 11.4. The molecular formula is C12H17BrN2O3S. The van der Waals surface area contributed by atoms with Crippen LogP contribution >= 0.6 is 15.9 Å². The van der Waals surface area contributed by atoms with Crippen LogP contribution in [0.1, 0.15) is 35.7 Å². The van der Waals surface area contributed by atoms with Gasteiger partial charge in [-0.15, -0.1) is 0 Å². The van der Waals surface area contributed by atoms with Gasteiger partial charge in [-0.3, -0.25) is 4.79 Å². The standard InChI is InChI=1S/C12H17BrN2O3S/c1-3-4-5-15-12(16)10-6-9(19(14,17)18)7-11(13)8(10)2/h6-7H,3-5H2,1-2H3,(H,15,16)(H2,14,17,18). The zero-order chi connectivity index (χ0) is 14.6. The largest absolute Gasteiger partial charge is 0.352 e. The van der Waals surface area contributed by atoms with Crippen LogP contribution < -0.4 is 10.5 Å². The van der Waals surface area contributed by atoms with Gasteiger partial charge in [0.1, 0.15) is 0 Å². The molecule has 19 heavy (non-hydrogen) atoms. The van der Waals surface area contributed by atoms with Gasteiger partial charge in [0.25, 0.3) is 5.91 Å². The van der Waals surface area contributed by atoms with Crippen LogP contribution in [-0.4, -0.2) is 20.9 Å². The van der Waals surface area contributed by atoms with Crippen molar-refractivity contribution in [3.8, 4) is 0 Å². The van der Waals surface area contributed by atoms with Crippen LogP contribution in [-0.2, 0) is 10.0 Å². The maximum atomic E-state index is 12.0. The number of unbranched alkanes of at least 4 members (excludes halogenated alkanes) is 1. The number of hydrogen-bond acceptors (Lipinski definition) is 3. The first-order valence-electron chi connectivity index (χ1n) is 5.88. The number of halogens is 1. The van der Waals surface area contributed by atoms with Gasteiger partial charge in [-0.05, 0) is 31.0 Å². The van der Waals surface area contributed by atoms with E-state index in [0.29, 0.717) is 22.1 Å². The van der Waals surface area contributed by atoms with E-state index >= 15 is 0 Å². The Balaban J connectivity index is 3.13. The second kappa shape index (κ2) is 6.49. The number of hydrogen-bond donors (Lipinski definition) is 2. The van der Waals surface area contributed by atoms with Crippen LogP contribution in [0, 0.1) is 6.92 Å². The van der Waals surface area contributed by atoms with Crippen molar-refractivity contribution >= 4 is 31.9 Å². The third-order valence-electron chi connectivity index (χ3n) is 2.71. The van der Waals surface area contributed by atoms with Gasteiger partial charge in [-0.1, -0.05) is 29.3 Å². The van der Waals surface area contributed by atoms with Gasteiger partial charge in [0, 0.05) is 16.6 Å². The molecule has 1 aromatic rings.